The molecule has 0 atom stereocenters. The fourth-order valence-electron chi connectivity index (χ4n) is 2.75. The van der Waals surface area contributed by atoms with Gasteiger partial charge in [0.15, 0.2) is 0 Å². The first-order valence-electron chi connectivity index (χ1n) is 6.84. The van der Waals surface area contributed by atoms with Crippen molar-refractivity contribution in [3.05, 3.63) is 24.0 Å². The van der Waals surface area contributed by atoms with E-state index >= 15 is 0 Å². The monoisotopic (exact) mass is 266 g/mol. The van der Waals surface area contributed by atoms with Gasteiger partial charge in [-0.05, 0) is 31.4 Å². The molecule has 2 heterocycles. The Morgan fingerprint density at radius 3 is 2.84 bits per heavy atom. The van der Waals surface area contributed by atoms with E-state index in [9.17, 15) is 4.79 Å². The normalized spacial score (nSPS) is 17.7. The van der Waals surface area contributed by atoms with E-state index < -0.39 is 5.97 Å². The minimum atomic E-state index is -0.840. The zero-order valence-corrected chi connectivity index (χ0v) is 11.4. The van der Waals surface area contributed by atoms with E-state index in [0.717, 1.165) is 45.5 Å². The van der Waals surface area contributed by atoms with Gasteiger partial charge in [-0.25, -0.2) is 4.79 Å². The quantitative estimate of drug-likeness (QED) is 0.799. The molecule has 1 aliphatic heterocycles. The maximum atomic E-state index is 11.1. The maximum Gasteiger partial charge on any atom is 0.352 e. The summed E-state index contributed by atoms with van der Waals surface area (Å²) in [6.45, 7) is 3.94. The molecule has 0 radical (unpaired) electrons. The summed E-state index contributed by atoms with van der Waals surface area (Å²) >= 11 is 0. The molecule has 0 saturated carbocycles. The van der Waals surface area contributed by atoms with Crippen LogP contribution in [0.1, 0.15) is 35.8 Å². The van der Waals surface area contributed by atoms with Gasteiger partial charge >= 0.3 is 5.97 Å². The summed E-state index contributed by atoms with van der Waals surface area (Å²) in [6, 6.07) is 3.81. The third-order valence-corrected chi connectivity index (χ3v) is 3.77. The smallest absolute Gasteiger partial charge is 0.352 e. The molecule has 1 saturated heterocycles. The molecule has 19 heavy (non-hydrogen) atoms. The summed E-state index contributed by atoms with van der Waals surface area (Å²) in [5.74, 6) is -0.840. The number of carbonyl (C=O) groups is 1. The standard InChI is InChI=1S/C14H22N2O3/c1-19-11-3-7-15-9-5-12(6-10-15)16-8-2-4-13(16)14(17)18/h2,4,8,12H,3,5-7,9-11H2,1H3,(H,17,18). The van der Waals surface area contributed by atoms with Crippen LogP contribution in [0.25, 0.3) is 0 Å². The van der Waals surface area contributed by atoms with Crippen molar-refractivity contribution >= 4 is 5.97 Å². The van der Waals surface area contributed by atoms with Crippen LogP contribution in [0.2, 0.25) is 0 Å². The summed E-state index contributed by atoms with van der Waals surface area (Å²) < 4.78 is 6.97. The highest BCUT2D eigenvalue weighted by atomic mass is 16.5. The number of rotatable bonds is 6. The van der Waals surface area contributed by atoms with Crippen molar-refractivity contribution in [2.75, 3.05) is 33.4 Å². The number of carboxylic acids is 1. The fourth-order valence-corrected chi connectivity index (χ4v) is 2.75. The SMILES string of the molecule is COCCCN1CCC(n2cccc2C(=O)O)CC1. The van der Waals surface area contributed by atoms with Crippen LogP contribution in [0.5, 0.6) is 0 Å². The topological polar surface area (TPSA) is 54.7 Å². The molecule has 106 valence electrons. The maximum absolute atomic E-state index is 11.1. The molecule has 0 aromatic carbocycles. The zero-order chi connectivity index (χ0) is 13.7. The lowest BCUT2D eigenvalue weighted by atomic mass is 10.0. The van der Waals surface area contributed by atoms with Gasteiger partial charge in [-0.15, -0.1) is 0 Å². The second-order valence-corrected chi connectivity index (χ2v) is 5.03. The number of likely N-dealkylation sites (tertiary alicyclic amines) is 1. The lowest BCUT2D eigenvalue weighted by Crippen LogP contribution is -2.36. The van der Waals surface area contributed by atoms with E-state index in [0.29, 0.717) is 11.7 Å². The Morgan fingerprint density at radius 1 is 1.47 bits per heavy atom. The first-order chi connectivity index (χ1) is 9.22. The molecular weight excluding hydrogens is 244 g/mol. The van der Waals surface area contributed by atoms with Crippen molar-refractivity contribution in [2.24, 2.45) is 0 Å². The van der Waals surface area contributed by atoms with Crippen molar-refractivity contribution in [3.63, 3.8) is 0 Å². The molecule has 1 fully saturated rings. The molecule has 0 unspecified atom stereocenters. The average molecular weight is 266 g/mol. The number of nitrogens with zero attached hydrogens (tertiary/aromatic N) is 2. The van der Waals surface area contributed by atoms with Gasteiger partial charge < -0.3 is 19.3 Å². The van der Waals surface area contributed by atoms with Crippen molar-refractivity contribution in [1.82, 2.24) is 9.47 Å². The molecule has 0 spiro atoms. The van der Waals surface area contributed by atoms with Crippen molar-refractivity contribution in [3.8, 4) is 0 Å². The van der Waals surface area contributed by atoms with Crippen LogP contribution in [0.15, 0.2) is 18.3 Å². The van der Waals surface area contributed by atoms with E-state index in [4.69, 9.17) is 9.84 Å². The molecule has 5 heteroatoms. The molecule has 1 aliphatic rings. The first kappa shape index (κ1) is 14.1. The summed E-state index contributed by atoms with van der Waals surface area (Å²) in [4.78, 5) is 13.5. The highest BCUT2D eigenvalue weighted by molar-refractivity contribution is 5.85. The van der Waals surface area contributed by atoms with Gasteiger partial charge in [-0.3, -0.25) is 0 Å². The van der Waals surface area contributed by atoms with Crippen molar-refractivity contribution in [2.45, 2.75) is 25.3 Å². The van der Waals surface area contributed by atoms with Gasteiger partial charge in [0.2, 0.25) is 0 Å². The molecule has 0 amide bonds. The van der Waals surface area contributed by atoms with Crippen LogP contribution in [0.3, 0.4) is 0 Å². The lowest BCUT2D eigenvalue weighted by Gasteiger charge is -2.33. The van der Waals surface area contributed by atoms with Crippen LogP contribution in [-0.2, 0) is 4.74 Å². The Kier molecular flexibility index (Phi) is 4.99. The second-order valence-electron chi connectivity index (χ2n) is 5.03. The highest BCUT2D eigenvalue weighted by Gasteiger charge is 2.22. The van der Waals surface area contributed by atoms with Crippen LogP contribution in [0.4, 0.5) is 0 Å². The fraction of sp³-hybridized carbons (Fsp3) is 0.643. The third-order valence-electron chi connectivity index (χ3n) is 3.77. The minimum absolute atomic E-state index is 0.319. The number of carboxylic acid groups (broad SMARTS) is 1. The van der Waals surface area contributed by atoms with Crippen LogP contribution in [-0.4, -0.2) is 53.9 Å². The number of aromatic nitrogens is 1. The minimum Gasteiger partial charge on any atom is -0.477 e. The Labute approximate surface area is 113 Å². The van der Waals surface area contributed by atoms with Crippen molar-refractivity contribution < 1.29 is 14.6 Å². The lowest BCUT2D eigenvalue weighted by molar-refractivity contribution is 0.0677. The van der Waals surface area contributed by atoms with Crippen LogP contribution in [0, 0.1) is 0 Å². The Morgan fingerprint density at radius 2 is 2.21 bits per heavy atom. The molecule has 1 aromatic heterocycles. The van der Waals surface area contributed by atoms with Gasteiger partial charge in [-0.1, -0.05) is 0 Å². The summed E-state index contributed by atoms with van der Waals surface area (Å²) in [5.41, 5.74) is 0.401. The Hall–Kier alpha value is -1.33. The highest BCUT2D eigenvalue weighted by Crippen LogP contribution is 2.24. The van der Waals surface area contributed by atoms with Gasteiger partial charge in [0.25, 0.3) is 0 Å². The Balaban J connectivity index is 1.86. The van der Waals surface area contributed by atoms with Gasteiger partial charge in [-0.2, -0.15) is 0 Å². The molecule has 0 aliphatic carbocycles. The number of methoxy groups -OCH3 is 1. The first-order valence-corrected chi connectivity index (χ1v) is 6.84. The average Bonchev–Trinajstić information content (AvgIpc) is 2.89. The molecule has 0 bridgehead atoms. The predicted molar refractivity (Wildman–Crippen MR) is 72.6 cm³/mol. The van der Waals surface area contributed by atoms with E-state index in [-0.39, 0.29) is 0 Å². The van der Waals surface area contributed by atoms with Gasteiger partial charge in [0.1, 0.15) is 5.69 Å². The van der Waals surface area contributed by atoms with Crippen molar-refractivity contribution in [1.29, 1.82) is 0 Å². The molecule has 5 nitrogen and oxygen atoms in total. The Bertz CT molecular complexity index is 409. The summed E-state index contributed by atoms with van der Waals surface area (Å²) in [7, 11) is 1.73. The molecule has 1 N–H and O–H groups in total. The molecule has 1 aromatic rings. The largest absolute Gasteiger partial charge is 0.477 e. The van der Waals surface area contributed by atoms with Gasteiger partial charge in [0.05, 0.1) is 0 Å². The van der Waals surface area contributed by atoms with E-state index in [2.05, 4.69) is 4.90 Å². The third kappa shape index (κ3) is 3.58. The number of hydrogen-bond acceptors (Lipinski definition) is 3. The number of ether oxygens (including phenoxy) is 1. The van der Waals surface area contributed by atoms with Crippen LogP contribution < -0.4 is 0 Å². The zero-order valence-electron chi connectivity index (χ0n) is 11.4. The van der Waals surface area contributed by atoms with Gasteiger partial charge in [0, 0.05) is 45.6 Å². The van der Waals surface area contributed by atoms with E-state index in [1.807, 2.05) is 16.8 Å². The summed E-state index contributed by atoms with van der Waals surface area (Å²) in [5, 5.41) is 9.14. The predicted octanol–water partition coefficient (Wildman–Crippen LogP) is 1.86. The molecule has 2 rings (SSSR count). The number of piperidine rings is 1. The van der Waals surface area contributed by atoms with E-state index in [1.165, 1.54) is 0 Å². The molecular formula is C14H22N2O3. The second kappa shape index (κ2) is 6.73. The number of aromatic carboxylic acids is 1. The van der Waals surface area contributed by atoms with E-state index in [1.54, 1.807) is 13.2 Å². The number of hydrogen-bond donors (Lipinski definition) is 1. The van der Waals surface area contributed by atoms with Crippen LogP contribution >= 0.6 is 0 Å². The summed E-state index contributed by atoms with van der Waals surface area (Å²) in [6.07, 6.45) is 4.98.